The summed E-state index contributed by atoms with van der Waals surface area (Å²) in [5.41, 5.74) is 7.91. The molecular weight excluding hydrogens is 244 g/mol. The highest BCUT2D eigenvalue weighted by Gasteiger charge is 2.13. The molecule has 0 aliphatic carbocycles. The van der Waals surface area contributed by atoms with Gasteiger partial charge in [0.25, 0.3) is 0 Å². The second-order valence-electron chi connectivity index (χ2n) is 4.42. The average molecular weight is 266 g/mol. The van der Waals surface area contributed by atoms with Gasteiger partial charge < -0.3 is 11.1 Å². The fourth-order valence-electron chi connectivity index (χ4n) is 1.84. The van der Waals surface area contributed by atoms with Crippen molar-refractivity contribution in [1.82, 2.24) is 5.32 Å². The molecule has 1 atom stereocenters. The summed E-state index contributed by atoms with van der Waals surface area (Å²) in [7, 11) is 0. The minimum atomic E-state index is -0.266. The fraction of sp³-hybridized carbons (Fsp3) is 0.500. The number of likely N-dealkylation sites (N-methyl/N-ethyl adjacent to an activating group) is 1. The van der Waals surface area contributed by atoms with Crippen LogP contribution in [-0.4, -0.2) is 24.2 Å². The number of hydrogen-bond acceptors (Lipinski definition) is 3. The van der Waals surface area contributed by atoms with Crippen molar-refractivity contribution in [2.24, 2.45) is 5.73 Å². The number of rotatable bonds is 7. The van der Waals surface area contributed by atoms with E-state index in [-0.39, 0.29) is 11.9 Å². The fourth-order valence-corrected chi connectivity index (χ4v) is 2.86. The Morgan fingerprint density at radius 1 is 1.44 bits per heavy atom. The van der Waals surface area contributed by atoms with E-state index in [2.05, 4.69) is 37.4 Å². The van der Waals surface area contributed by atoms with Crippen LogP contribution in [-0.2, 0) is 4.79 Å². The SMILES string of the molecule is CCNC(CCSc1ccc(C)cc1C)C(N)=O. The van der Waals surface area contributed by atoms with Gasteiger partial charge in [-0.25, -0.2) is 0 Å². The standard InChI is InChI=1S/C14H22N2OS/c1-4-16-12(14(15)17)7-8-18-13-6-5-10(2)9-11(13)3/h5-6,9,12,16H,4,7-8H2,1-3H3,(H2,15,17). The van der Waals surface area contributed by atoms with E-state index in [9.17, 15) is 4.79 Å². The Hall–Kier alpha value is -1.00. The third-order valence-electron chi connectivity index (χ3n) is 2.79. The summed E-state index contributed by atoms with van der Waals surface area (Å²) >= 11 is 1.78. The number of nitrogens with one attached hydrogen (secondary N) is 1. The summed E-state index contributed by atoms with van der Waals surface area (Å²) in [5, 5.41) is 3.10. The van der Waals surface area contributed by atoms with E-state index < -0.39 is 0 Å². The van der Waals surface area contributed by atoms with Crippen LogP contribution in [0, 0.1) is 13.8 Å². The zero-order valence-electron chi connectivity index (χ0n) is 11.3. The minimum Gasteiger partial charge on any atom is -0.368 e. The van der Waals surface area contributed by atoms with Crippen LogP contribution in [0.25, 0.3) is 0 Å². The number of aryl methyl sites for hydroxylation is 2. The van der Waals surface area contributed by atoms with E-state index in [0.29, 0.717) is 0 Å². The molecule has 0 fully saturated rings. The van der Waals surface area contributed by atoms with Gasteiger partial charge in [0, 0.05) is 10.6 Å². The van der Waals surface area contributed by atoms with Gasteiger partial charge >= 0.3 is 0 Å². The molecule has 0 aliphatic rings. The van der Waals surface area contributed by atoms with E-state index >= 15 is 0 Å². The summed E-state index contributed by atoms with van der Waals surface area (Å²) < 4.78 is 0. The Bertz CT molecular complexity index is 407. The molecule has 1 unspecified atom stereocenters. The van der Waals surface area contributed by atoms with E-state index in [1.165, 1.54) is 16.0 Å². The summed E-state index contributed by atoms with van der Waals surface area (Å²) in [4.78, 5) is 12.5. The van der Waals surface area contributed by atoms with Crippen LogP contribution in [0.5, 0.6) is 0 Å². The molecule has 0 aliphatic heterocycles. The molecule has 1 rings (SSSR count). The first-order valence-corrected chi connectivity index (χ1v) is 7.26. The van der Waals surface area contributed by atoms with Crippen LogP contribution >= 0.6 is 11.8 Å². The molecule has 1 aromatic carbocycles. The molecule has 1 aromatic rings. The lowest BCUT2D eigenvalue weighted by molar-refractivity contribution is -0.120. The lowest BCUT2D eigenvalue weighted by atomic mass is 10.2. The van der Waals surface area contributed by atoms with Crippen molar-refractivity contribution < 1.29 is 4.79 Å². The maximum absolute atomic E-state index is 11.2. The van der Waals surface area contributed by atoms with E-state index in [4.69, 9.17) is 5.73 Å². The van der Waals surface area contributed by atoms with Crippen LogP contribution in [0.3, 0.4) is 0 Å². The number of benzene rings is 1. The van der Waals surface area contributed by atoms with E-state index in [0.717, 1.165) is 18.7 Å². The number of nitrogens with two attached hydrogens (primary N) is 1. The number of thioether (sulfide) groups is 1. The van der Waals surface area contributed by atoms with Crippen LogP contribution in [0.2, 0.25) is 0 Å². The van der Waals surface area contributed by atoms with Crippen molar-refractivity contribution in [2.45, 2.75) is 38.1 Å². The second-order valence-corrected chi connectivity index (χ2v) is 5.56. The molecule has 0 saturated carbocycles. The first-order chi connectivity index (χ1) is 8.54. The van der Waals surface area contributed by atoms with Gasteiger partial charge in [0.1, 0.15) is 0 Å². The van der Waals surface area contributed by atoms with Crippen LogP contribution in [0.1, 0.15) is 24.5 Å². The highest BCUT2D eigenvalue weighted by molar-refractivity contribution is 7.99. The molecule has 3 N–H and O–H groups in total. The molecule has 1 amide bonds. The number of amides is 1. The normalized spacial score (nSPS) is 12.4. The number of carbonyl (C=O) groups excluding carboxylic acids is 1. The first kappa shape index (κ1) is 15.1. The molecule has 0 saturated heterocycles. The van der Waals surface area contributed by atoms with Gasteiger partial charge in [-0.15, -0.1) is 11.8 Å². The summed E-state index contributed by atoms with van der Waals surface area (Å²) in [6.07, 6.45) is 0.765. The van der Waals surface area contributed by atoms with Crippen molar-refractivity contribution in [2.75, 3.05) is 12.3 Å². The molecule has 0 spiro atoms. The highest BCUT2D eigenvalue weighted by atomic mass is 32.2. The van der Waals surface area contributed by atoms with Gasteiger partial charge in [-0.2, -0.15) is 0 Å². The van der Waals surface area contributed by atoms with Crippen molar-refractivity contribution >= 4 is 17.7 Å². The highest BCUT2D eigenvalue weighted by Crippen LogP contribution is 2.24. The Labute approximate surface area is 114 Å². The van der Waals surface area contributed by atoms with Crippen LogP contribution in [0.15, 0.2) is 23.1 Å². The maximum atomic E-state index is 11.2. The smallest absolute Gasteiger partial charge is 0.234 e. The Morgan fingerprint density at radius 2 is 2.17 bits per heavy atom. The van der Waals surface area contributed by atoms with E-state index in [1.54, 1.807) is 11.8 Å². The Kier molecular flexibility index (Phi) is 6.22. The van der Waals surface area contributed by atoms with Crippen molar-refractivity contribution in [3.8, 4) is 0 Å². The molecule has 100 valence electrons. The molecule has 18 heavy (non-hydrogen) atoms. The lowest BCUT2D eigenvalue weighted by Crippen LogP contribution is -2.41. The topological polar surface area (TPSA) is 55.1 Å². The summed E-state index contributed by atoms with van der Waals surface area (Å²) in [5.74, 6) is 0.628. The molecule has 0 radical (unpaired) electrons. The Balaban J connectivity index is 2.47. The van der Waals surface area contributed by atoms with Gasteiger partial charge in [-0.05, 0) is 38.4 Å². The van der Waals surface area contributed by atoms with Crippen molar-refractivity contribution in [3.63, 3.8) is 0 Å². The zero-order valence-corrected chi connectivity index (χ0v) is 12.1. The number of carbonyl (C=O) groups is 1. The summed E-state index contributed by atoms with van der Waals surface area (Å²) in [6, 6.07) is 6.22. The van der Waals surface area contributed by atoms with Gasteiger partial charge in [0.2, 0.25) is 5.91 Å². The summed E-state index contributed by atoms with van der Waals surface area (Å²) in [6.45, 7) is 6.95. The first-order valence-electron chi connectivity index (χ1n) is 6.27. The van der Waals surface area contributed by atoms with Crippen LogP contribution in [0.4, 0.5) is 0 Å². The Morgan fingerprint density at radius 3 is 2.72 bits per heavy atom. The number of hydrogen-bond donors (Lipinski definition) is 2. The number of primary amides is 1. The molecular formula is C14H22N2OS. The van der Waals surface area contributed by atoms with Gasteiger partial charge in [0.05, 0.1) is 6.04 Å². The average Bonchev–Trinajstić information content (AvgIpc) is 2.30. The largest absolute Gasteiger partial charge is 0.368 e. The quantitative estimate of drug-likeness (QED) is 0.744. The van der Waals surface area contributed by atoms with E-state index in [1.807, 2.05) is 6.92 Å². The van der Waals surface area contributed by atoms with Gasteiger partial charge in [-0.1, -0.05) is 24.6 Å². The monoisotopic (exact) mass is 266 g/mol. The molecule has 0 heterocycles. The van der Waals surface area contributed by atoms with Crippen molar-refractivity contribution in [1.29, 1.82) is 0 Å². The van der Waals surface area contributed by atoms with Gasteiger partial charge in [0.15, 0.2) is 0 Å². The zero-order chi connectivity index (χ0) is 13.5. The van der Waals surface area contributed by atoms with Gasteiger partial charge in [-0.3, -0.25) is 4.79 Å². The molecule has 0 aromatic heterocycles. The lowest BCUT2D eigenvalue weighted by Gasteiger charge is -2.14. The van der Waals surface area contributed by atoms with Crippen molar-refractivity contribution in [3.05, 3.63) is 29.3 Å². The second kappa shape index (κ2) is 7.44. The molecule has 4 heteroatoms. The predicted molar refractivity (Wildman–Crippen MR) is 77.9 cm³/mol. The third-order valence-corrected chi connectivity index (χ3v) is 4.00. The van der Waals surface area contributed by atoms with Crippen LogP contribution < -0.4 is 11.1 Å². The molecule has 3 nitrogen and oxygen atoms in total. The maximum Gasteiger partial charge on any atom is 0.234 e. The molecule has 0 bridgehead atoms. The minimum absolute atomic E-state index is 0.215. The third kappa shape index (κ3) is 4.70. The predicted octanol–water partition coefficient (Wildman–Crippen LogP) is 2.25.